The Morgan fingerprint density at radius 3 is 2.76 bits per heavy atom. The molecule has 2 aromatic rings. The summed E-state index contributed by atoms with van der Waals surface area (Å²) >= 11 is 0. The normalized spacial score (nSPS) is 10.3. The van der Waals surface area contributed by atoms with Crippen LogP contribution in [0.15, 0.2) is 12.3 Å². The third-order valence-electron chi connectivity index (χ3n) is 2.18. The molecule has 0 unspecified atom stereocenters. The zero-order valence-corrected chi connectivity index (χ0v) is 10.0. The Labute approximate surface area is 98.9 Å². The lowest BCUT2D eigenvalue weighted by Crippen LogP contribution is -2.07. The van der Waals surface area contributed by atoms with E-state index in [-0.39, 0.29) is 6.01 Å². The molecule has 0 spiro atoms. The van der Waals surface area contributed by atoms with Crippen molar-refractivity contribution in [2.75, 3.05) is 19.0 Å². The minimum Gasteiger partial charge on any atom is -0.467 e. The maximum Gasteiger partial charge on any atom is 0.321 e. The van der Waals surface area contributed by atoms with Gasteiger partial charge in [0, 0.05) is 19.8 Å². The van der Waals surface area contributed by atoms with Gasteiger partial charge >= 0.3 is 6.01 Å². The molecule has 0 radical (unpaired) electrons. The summed E-state index contributed by atoms with van der Waals surface area (Å²) in [6, 6.07) is 2.12. The third kappa shape index (κ3) is 2.32. The fourth-order valence-electron chi connectivity index (χ4n) is 1.39. The van der Waals surface area contributed by atoms with E-state index >= 15 is 0 Å². The number of hydrogen-bond acceptors (Lipinski definition) is 6. The van der Waals surface area contributed by atoms with E-state index in [2.05, 4.69) is 25.4 Å². The van der Waals surface area contributed by atoms with Gasteiger partial charge in [-0.1, -0.05) is 0 Å². The van der Waals surface area contributed by atoms with Crippen molar-refractivity contribution in [3.05, 3.63) is 12.3 Å². The number of methoxy groups -OCH3 is 1. The number of aromatic nitrogens is 5. The smallest absolute Gasteiger partial charge is 0.321 e. The number of ether oxygens (including phenoxy) is 1. The summed E-state index contributed by atoms with van der Waals surface area (Å²) in [5.74, 6) is 1.03. The molecule has 0 aliphatic heterocycles. The summed E-state index contributed by atoms with van der Waals surface area (Å²) in [7, 11) is 3.36. The summed E-state index contributed by atoms with van der Waals surface area (Å²) < 4.78 is 6.75. The van der Waals surface area contributed by atoms with Crippen LogP contribution in [-0.2, 0) is 7.05 Å². The predicted molar refractivity (Wildman–Crippen MR) is 62.7 cm³/mol. The average Bonchev–Trinajstić information content (AvgIpc) is 2.75. The molecule has 7 heteroatoms. The molecule has 2 rings (SSSR count). The first kappa shape index (κ1) is 11.3. The summed E-state index contributed by atoms with van der Waals surface area (Å²) in [5, 5.41) is 7.11. The van der Waals surface area contributed by atoms with Crippen LogP contribution in [0, 0.1) is 0 Å². The molecule has 90 valence electrons. The molecule has 0 aromatic carbocycles. The van der Waals surface area contributed by atoms with Crippen molar-refractivity contribution in [1.29, 1.82) is 0 Å². The largest absolute Gasteiger partial charge is 0.467 e. The van der Waals surface area contributed by atoms with E-state index in [1.54, 1.807) is 10.9 Å². The lowest BCUT2D eigenvalue weighted by molar-refractivity contribution is 0.379. The zero-order valence-electron chi connectivity index (χ0n) is 10.0. The molecule has 0 fully saturated rings. The summed E-state index contributed by atoms with van der Waals surface area (Å²) in [5.41, 5.74) is 0.810. The molecule has 0 aliphatic carbocycles. The van der Waals surface area contributed by atoms with Crippen LogP contribution in [0.4, 0.5) is 5.95 Å². The predicted octanol–water partition coefficient (Wildman–Crippen LogP) is 0.712. The van der Waals surface area contributed by atoms with Crippen molar-refractivity contribution >= 4 is 5.95 Å². The van der Waals surface area contributed by atoms with E-state index in [4.69, 9.17) is 4.74 Å². The molecular weight excluding hydrogens is 220 g/mol. The third-order valence-corrected chi connectivity index (χ3v) is 2.18. The van der Waals surface area contributed by atoms with Gasteiger partial charge in [0.25, 0.3) is 0 Å². The van der Waals surface area contributed by atoms with E-state index < -0.39 is 0 Å². The van der Waals surface area contributed by atoms with Crippen LogP contribution in [-0.4, -0.2) is 38.4 Å². The van der Waals surface area contributed by atoms with Crippen LogP contribution in [0.1, 0.15) is 6.92 Å². The zero-order chi connectivity index (χ0) is 12.3. The molecule has 0 amide bonds. The second kappa shape index (κ2) is 4.77. The van der Waals surface area contributed by atoms with Gasteiger partial charge in [-0.25, -0.2) is 0 Å². The molecule has 2 aromatic heterocycles. The number of rotatable bonds is 4. The second-order valence-corrected chi connectivity index (χ2v) is 3.34. The van der Waals surface area contributed by atoms with Crippen molar-refractivity contribution < 1.29 is 4.74 Å². The maximum atomic E-state index is 5.05. The van der Waals surface area contributed by atoms with E-state index in [0.29, 0.717) is 11.8 Å². The fraction of sp³-hybridized carbons (Fsp3) is 0.400. The number of nitrogens with zero attached hydrogens (tertiary/aromatic N) is 5. The van der Waals surface area contributed by atoms with Gasteiger partial charge < -0.3 is 10.1 Å². The number of nitrogens with one attached hydrogen (secondary N) is 1. The van der Waals surface area contributed by atoms with E-state index in [9.17, 15) is 0 Å². The SMILES string of the molecule is CCNc1nc(OC)nc(-c2ccnn2C)n1. The first-order valence-electron chi connectivity index (χ1n) is 5.27. The van der Waals surface area contributed by atoms with Crippen LogP contribution in [0.25, 0.3) is 11.5 Å². The fourth-order valence-corrected chi connectivity index (χ4v) is 1.39. The van der Waals surface area contributed by atoms with Gasteiger partial charge in [-0.15, -0.1) is 0 Å². The molecular formula is C10H14N6O. The highest BCUT2D eigenvalue weighted by Crippen LogP contribution is 2.17. The van der Waals surface area contributed by atoms with E-state index in [1.165, 1.54) is 7.11 Å². The monoisotopic (exact) mass is 234 g/mol. The topological polar surface area (TPSA) is 77.8 Å². The van der Waals surface area contributed by atoms with E-state index in [0.717, 1.165) is 12.2 Å². The van der Waals surface area contributed by atoms with Crippen molar-refractivity contribution in [1.82, 2.24) is 24.7 Å². The molecule has 0 aliphatic rings. The highest BCUT2D eigenvalue weighted by molar-refractivity contribution is 5.51. The Morgan fingerprint density at radius 1 is 1.35 bits per heavy atom. The van der Waals surface area contributed by atoms with Gasteiger partial charge in [0.2, 0.25) is 5.95 Å². The Hall–Kier alpha value is -2.18. The number of aryl methyl sites for hydroxylation is 1. The van der Waals surface area contributed by atoms with Crippen LogP contribution in [0.2, 0.25) is 0 Å². The average molecular weight is 234 g/mol. The van der Waals surface area contributed by atoms with Crippen molar-refractivity contribution in [2.45, 2.75) is 6.92 Å². The van der Waals surface area contributed by atoms with E-state index in [1.807, 2.05) is 20.0 Å². The minimum absolute atomic E-state index is 0.284. The number of hydrogen-bond donors (Lipinski definition) is 1. The Balaban J connectivity index is 2.46. The van der Waals surface area contributed by atoms with Crippen molar-refractivity contribution in [2.24, 2.45) is 7.05 Å². The highest BCUT2D eigenvalue weighted by Gasteiger charge is 2.11. The van der Waals surface area contributed by atoms with Crippen LogP contribution < -0.4 is 10.1 Å². The van der Waals surface area contributed by atoms with Crippen molar-refractivity contribution in [3.8, 4) is 17.5 Å². The van der Waals surface area contributed by atoms with Gasteiger partial charge in [-0.05, 0) is 13.0 Å². The van der Waals surface area contributed by atoms with Crippen LogP contribution in [0.5, 0.6) is 6.01 Å². The molecule has 0 atom stereocenters. The van der Waals surface area contributed by atoms with Gasteiger partial charge in [0.05, 0.1) is 7.11 Å². The highest BCUT2D eigenvalue weighted by atomic mass is 16.5. The molecule has 0 bridgehead atoms. The standard InChI is InChI=1S/C10H14N6O/c1-4-11-9-13-8(14-10(15-9)17-3)7-5-6-12-16(7)2/h5-6H,4H2,1-3H3,(H,11,13,14,15). The lowest BCUT2D eigenvalue weighted by Gasteiger charge is -2.06. The van der Waals surface area contributed by atoms with Gasteiger partial charge in [-0.3, -0.25) is 4.68 Å². The molecule has 2 heterocycles. The van der Waals surface area contributed by atoms with Crippen molar-refractivity contribution in [3.63, 3.8) is 0 Å². The summed E-state index contributed by atoms with van der Waals surface area (Å²) in [4.78, 5) is 12.6. The first-order valence-corrected chi connectivity index (χ1v) is 5.27. The molecule has 0 saturated carbocycles. The molecule has 0 saturated heterocycles. The van der Waals surface area contributed by atoms with Gasteiger partial charge in [0.15, 0.2) is 5.82 Å². The molecule has 17 heavy (non-hydrogen) atoms. The summed E-state index contributed by atoms with van der Waals surface area (Å²) in [6.07, 6.45) is 1.69. The lowest BCUT2D eigenvalue weighted by atomic mass is 10.4. The number of anilines is 1. The maximum absolute atomic E-state index is 5.05. The minimum atomic E-state index is 0.284. The Bertz CT molecular complexity index is 509. The Kier molecular flexibility index (Phi) is 3.17. The summed E-state index contributed by atoms with van der Waals surface area (Å²) in [6.45, 7) is 2.71. The van der Waals surface area contributed by atoms with Crippen LogP contribution in [0.3, 0.4) is 0 Å². The Morgan fingerprint density at radius 2 is 2.18 bits per heavy atom. The first-order chi connectivity index (χ1) is 8.24. The van der Waals surface area contributed by atoms with Gasteiger partial charge in [-0.2, -0.15) is 20.1 Å². The molecule has 1 N–H and O–H groups in total. The van der Waals surface area contributed by atoms with Crippen LogP contribution >= 0.6 is 0 Å². The van der Waals surface area contributed by atoms with Gasteiger partial charge in [0.1, 0.15) is 5.69 Å². The molecule has 7 nitrogen and oxygen atoms in total. The second-order valence-electron chi connectivity index (χ2n) is 3.34. The quantitative estimate of drug-likeness (QED) is 0.839.